The zero-order valence-corrected chi connectivity index (χ0v) is 19.6. The highest BCUT2D eigenvalue weighted by atomic mass is 79.9. The quantitative estimate of drug-likeness (QED) is 0.333. The lowest BCUT2D eigenvalue weighted by Crippen LogP contribution is -2.15. The summed E-state index contributed by atoms with van der Waals surface area (Å²) in [5, 5.41) is 12.5. The molecule has 1 N–H and O–H groups in total. The van der Waals surface area contributed by atoms with Gasteiger partial charge in [-0.05, 0) is 55.3 Å². The standard InChI is InChI=1S/C24H21BrN4OS/c1-16-7-6-10-20(13-16)29-23(18-8-4-3-5-9-18)27-28-24(29)31-15-22(30)26-21-12-11-19(25)14-17(21)2/h3-14H,15H2,1-2H3,(H,26,30). The minimum absolute atomic E-state index is 0.0875. The predicted octanol–water partition coefficient (Wildman–Crippen LogP) is 6.04. The lowest BCUT2D eigenvalue weighted by atomic mass is 10.2. The second-order valence-electron chi connectivity index (χ2n) is 7.14. The van der Waals surface area contributed by atoms with Crippen molar-refractivity contribution in [2.75, 3.05) is 11.1 Å². The molecule has 4 rings (SSSR count). The number of aromatic nitrogens is 3. The Bertz CT molecular complexity index is 1220. The number of thioether (sulfide) groups is 1. The highest BCUT2D eigenvalue weighted by Crippen LogP contribution is 2.28. The van der Waals surface area contributed by atoms with Crippen molar-refractivity contribution in [3.05, 3.63) is 88.4 Å². The van der Waals surface area contributed by atoms with Gasteiger partial charge in [0, 0.05) is 21.4 Å². The van der Waals surface area contributed by atoms with Crippen LogP contribution in [0.2, 0.25) is 0 Å². The first-order chi connectivity index (χ1) is 15.0. The van der Waals surface area contributed by atoms with Gasteiger partial charge in [0.25, 0.3) is 0 Å². The molecule has 0 aliphatic heterocycles. The average molecular weight is 493 g/mol. The van der Waals surface area contributed by atoms with E-state index in [-0.39, 0.29) is 11.7 Å². The van der Waals surface area contributed by atoms with Crippen molar-refractivity contribution < 1.29 is 4.79 Å². The van der Waals surface area contributed by atoms with Gasteiger partial charge in [-0.1, -0.05) is 70.2 Å². The summed E-state index contributed by atoms with van der Waals surface area (Å²) in [4.78, 5) is 12.6. The van der Waals surface area contributed by atoms with Crippen LogP contribution in [0, 0.1) is 13.8 Å². The molecule has 31 heavy (non-hydrogen) atoms. The topological polar surface area (TPSA) is 59.8 Å². The number of hydrogen-bond donors (Lipinski definition) is 1. The number of aryl methyl sites for hydroxylation is 2. The molecule has 4 aromatic rings. The zero-order chi connectivity index (χ0) is 21.8. The molecule has 0 atom stereocenters. The molecule has 0 unspecified atom stereocenters. The molecule has 0 aliphatic carbocycles. The van der Waals surface area contributed by atoms with Gasteiger partial charge in [-0.2, -0.15) is 0 Å². The van der Waals surface area contributed by atoms with E-state index in [0.29, 0.717) is 5.16 Å². The molecule has 0 radical (unpaired) electrons. The molecule has 1 amide bonds. The van der Waals surface area contributed by atoms with Crippen LogP contribution >= 0.6 is 27.7 Å². The highest BCUT2D eigenvalue weighted by Gasteiger charge is 2.17. The number of halogens is 1. The largest absolute Gasteiger partial charge is 0.325 e. The van der Waals surface area contributed by atoms with Gasteiger partial charge < -0.3 is 5.32 Å². The van der Waals surface area contributed by atoms with Crippen LogP contribution < -0.4 is 5.32 Å². The van der Waals surface area contributed by atoms with Gasteiger partial charge in [0.05, 0.1) is 5.75 Å². The van der Waals surface area contributed by atoms with Crippen molar-refractivity contribution in [3.8, 4) is 17.1 Å². The lowest BCUT2D eigenvalue weighted by molar-refractivity contribution is -0.113. The Morgan fingerprint density at radius 3 is 2.55 bits per heavy atom. The van der Waals surface area contributed by atoms with E-state index in [9.17, 15) is 4.79 Å². The Balaban J connectivity index is 1.59. The molecule has 1 aromatic heterocycles. The summed E-state index contributed by atoms with van der Waals surface area (Å²) in [6.07, 6.45) is 0. The maximum atomic E-state index is 12.6. The molecule has 0 bridgehead atoms. The SMILES string of the molecule is Cc1cccc(-n2c(SCC(=O)Nc3ccc(Br)cc3C)nnc2-c2ccccc2)c1. The number of nitrogens with one attached hydrogen (secondary N) is 1. The summed E-state index contributed by atoms with van der Waals surface area (Å²) < 4.78 is 2.99. The number of rotatable bonds is 6. The van der Waals surface area contributed by atoms with Gasteiger partial charge in [0.15, 0.2) is 11.0 Å². The van der Waals surface area contributed by atoms with Crippen molar-refractivity contribution >= 4 is 39.3 Å². The monoisotopic (exact) mass is 492 g/mol. The Kier molecular flexibility index (Phi) is 6.53. The fraction of sp³-hybridized carbons (Fsp3) is 0.125. The van der Waals surface area contributed by atoms with Crippen LogP contribution in [0.5, 0.6) is 0 Å². The second kappa shape index (κ2) is 9.49. The van der Waals surface area contributed by atoms with E-state index in [1.165, 1.54) is 11.8 Å². The van der Waals surface area contributed by atoms with Crippen LogP contribution in [-0.2, 0) is 4.79 Å². The van der Waals surface area contributed by atoms with E-state index in [1.807, 2.05) is 72.2 Å². The summed E-state index contributed by atoms with van der Waals surface area (Å²) in [6.45, 7) is 4.02. The lowest BCUT2D eigenvalue weighted by Gasteiger charge is -2.12. The van der Waals surface area contributed by atoms with Crippen molar-refractivity contribution in [1.29, 1.82) is 0 Å². The maximum Gasteiger partial charge on any atom is 0.234 e. The third-order valence-corrected chi connectivity index (χ3v) is 6.14. The number of nitrogens with zero attached hydrogens (tertiary/aromatic N) is 3. The molecule has 3 aromatic carbocycles. The van der Waals surface area contributed by atoms with Crippen LogP contribution in [0.15, 0.2) is 82.4 Å². The van der Waals surface area contributed by atoms with Gasteiger partial charge in [-0.3, -0.25) is 9.36 Å². The molecule has 7 heteroatoms. The smallest absolute Gasteiger partial charge is 0.234 e. The van der Waals surface area contributed by atoms with E-state index < -0.39 is 0 Å². The number of amides is 1. The Morgan fingerprint density at radius 1 is 1.00 bits per heavy atom. The van der Waals surface area contributed by atoms with Crippen LogP contribution in [-0.4, -0.2) is 26.4 Å². The van der Waals surface area contributed by atoms with Crippen LogP contribution in [0.3, 0.4) is 0 Å². The summed E-state index contributed by atoms with van der Waals surface area (Å²) in [6, 6.07) is 23.9. The first-order valence-corrected chi connectivity index (χ1v) is 11.6. The first kappa shape index (κ1) is 21.3. The van der Waals surface area contributed by atoms with Crippen LogP contribution in [0.1, 0.15) is 11.1 Å². The van der Waals surface area contributed by atoms with E-state index >= 15 is 0 Å². The summed E-state index contributed by atoms with van der Waals surface area (Å²) >= 11 is 4.81. The Labute approximate surface area is 194 Å². The van der Waals surface area contributed by atoms with Crippen LogP contribution in [0.4, 0.5) is 5.69 Å². The minimum Gasteiger partial charge on any atom is -0.325 e. The molecule has 0 saturated carbocycles. The molecular formula is C24H21BrN4OS. The predicted molar refractivity (Wildman–Crippen MR) is 130 cm³/mol. The Hall–Kier alpha value is -2.90. The summed E-state index contributed by atoms with van der Waals surface area (Å²) in [5.74, 6) is 0.891. The maximum absolute atomic E-state index is 12.6. The van der Waals surface area contributed by atoms with Gasteiger partial charge in [-0.25, -0.2) is 0 Å². The molecule has 0 fully saturated rings. The van der Waals surface area contributed by atoms with Gasteiger partial charge in [-0.15, -0.1) is 10.2 Å². The third-order valence-electron chi connectivity index (χ3n) is 4.72. The third kappa shape index (κ3) is 5.06. The summed E-state index contributed by atoms with van der Waals surface area (Å²) in [7, 11) is 0. The molecule has 0 aliphatic rings. The molecule has 1 heterocycles. The fourth-order valence-electron chi connectivity index (χ4n) is 3.22. The fourth-order valence-corrected chi connectivity index (χ4v) is 4.45. The van der Waals surface area contributed by atoms with Crippen molar-refractivity contribution in [2.45, 2.75) is 19.0 Å². The molecule has 0 saturated heterocycles. The number of carbonyl (C=O) groups is 1. The van der Waals surface area contributed by atoms with Gasteiger partial charge >= 0.3 is 0 Å². The number of anilines is 1. The van der Waals surface area contributed by atoms with E-state index in [4.69, 9.17) is 0 Å². The molecular weight excluding hydrogens is 472 g/mol. The molecule has 156 valence electrons. The van der Waals surface area contributed by atoms with Crippen LogP contribution in [0.25, 0.3) is 17.1 Å². The van der Waals surface area contributed by atoms with Crippen molar-refractivity contribution in [3.63, 3.8) is 0 Å². The summed E-state index contributed by atoms with van der Waals surface area (Å²) in [5.41, 5.74) is 4.89. The first-order valence-electron chi connectivity index (χ1n) is 9.78. The van der Waals surface area contributed by atoms with E-state index in [1.54, 1.807) is 0 Å². The minimum atomic E-state index is -0.0875. The normalized spacial score (nSPS) is 10.8. The average Bonchev–Trinajstić information content (AvgIpc) is 3.19. The second-order valence-corrected chi connectivity index (χ2v) is 9.00. The van der Waals surface area contributed by atoms with E-state index in [2.05, 4.69) is 50.5 Å². The van der Waals surface area contributed by atoms with Crippen molar-refractivity contribution in [1.82, 2.24) is 14.8 Å². The van der Waals surface area contributed by atoms with Gasteiger partial charge in [0.1, 0.15) is 0 Å². The van der Waals surface area contributed by atoms with E-state index in [0.717, 1.165) is 38.4 Å². The zero-order valence-electron chi connectivity index (χ0n) is 17.2. The number of benzene rings is 3. The molecule has 0 spiro atoms. The van der Waals surface area contributed by atoms with Gasteiger partial charge in [0.2, 0.25) is 5.91 Å². The number of hydrogen-bond acceptors (Lipinski definition) is 4. The Morgan fingerprint density at radius 2 is 1.81 bits per heavy atom. The molecule has 5 nitrogen and oxygen atoms in total. The van der Waals surface area contributed by atoms with Crippen molar-refractivity contribution in [2.24, 2.45) is 0 Å². The highest BCUT2D eigenvalue weighted by molar-refractivity contribution is 9.10. The number of carbonyl (C=O) groups excluding carboxylic acids is 1.